The average molecular weight is 345 g/mol. The van der Waals surface area contributed by atoms with Gasteiger partial charge in [-0.1, -0.05) is 30.2 Å². The molecule has 0 radical (unpaired) electrons. The fraction of sp³-hybridized carbons (Fsp3) is 0.588. The second kappa shape index (κ2) is 8.11. The van der Waals surface area contributed by atoms with E-state index in [1.165, 1.54) is 0 Å². The maximum atomic E-state index is 11.9. The molecule has 0 heterocycles. The Labute approximate surface area is 139 Å². The van der Waals surface area contributed by atoms with E-state index in [2.05, 4.69) is 0 Å². The summed E-state index contributed by atoms with van der Waals surface area (Å²) in [5.41, 5.74) is 0.924. The molecule has 0 spiro atoms. The van der Waals surface area contributed by atoms with Gasteiger partial charge in [0.15, 0.2) is 9.84 Å². The van der Waals surface area contributed by atoms with Gasteiger partial charge >= 0.3 is 0 Å². The highest BCUT2D eigenvalue weighted by atomic mass is 35.5. The zero-order valence-corrected chi connectivity index (χ0v) is 15.1. The Morgan fingerprint density at radius 3 is 2.41 bits per heavy atom. The van der Waals surface area contributed by atoms with Crippen molar-refractivity contribution in [1.82, 2.24) is 0 Å². The van der Waals surface area contributed by atoms with Crippen molar-refractivity contribution in [2.75, 3.05) is 5.75 Å². The highest BCUT2D eigenvalue weighted by molar-refractivity contribution is 7.92. The number of halogens is 1. The molecule has 124 valence electrons. The topological polar surface area (TPSA) is 51.2 Å². The number of carbonyl (C=O) groups is 1. The molecule has 0 aliphatic heterocycles. The molecular weight excluding hydrogens is 320 g/mol. The average Bonchev–Trinajstić information content (AvgIpc) is 2.36. The van der Waals surface area contributed by atoms with Crippen LogP contribution in [0.25, 0.3) is 0 Å². The van der Waals surface area contributed by atoms with Gasteiger partial charge in [-0.3, -0.25) is 4.79 Å². The predicted molar refractivity (Wildman–Crippen MR) is 92.2 cm³/mol. The van der Waals surface area contributed by atoms with Gasteiger partial charge in [0, 0.05) is 17.9 Å². The second-order valence-corrected chi connectivity index (χ2v) is 9.89. The van der Waals surface area contributed by atoms with Crippen LogP contribution < -0.4 is 0 Å². The highest BCUT2D eigenvalue weighted by Crippen LogP contribution is 2.18. The Morgan fingerprint density at radius 1 is 1.14 bits per heavy atom. The molecule has 0 saturated carbocycles. The summed E-state index contributed by atoms with van der Waals surface area (Å²) in [6.07, 6.45) is 2.99. The zero-order chi connectivity index (χ0) is 16.8. The monoisotopic (exact) mass is 344 g/mol. The van der Waals surface area contributed by atoms with Crippen molar-refractivity contribution >= 4 is 27.2 Å². The molecule has 0 aliphatic rings. The van der Waals surface area contributed by atoms with E-state index in [1.54, 1.807) is 32.9 Å². The third-order valence-electron chi connectivity index (χ3n) is 3.59. The first kappa shape index (κ1) is 19.2. The Balaban J connectivity index is 2.26. The Morgan fingerprint density at radius 2 is 1.82 bits per heavy atom. The molecule has 0 amide bonds. The maximum absolute atomic E-state index is 11.9. The number of hydrogen-bond donors (Lipinski definition) is 0. The first-order valence-corrected chi connectivity index (χ1v) is 9.63. The first-order chi connectivity index (χ1) is 10.1. The summed E-state index contributed by atoms with van der Waals surface area (Å²) in [6.45, 7) is 5.16. The fourth-order valence-electron chi connectivity index (χ4n) is 2.06. The second-order valence-electron chi connectivity index (χ2n) is 6.59. The summed E-state index contributed by atoms with van der Waals surface area (Å²) < 4.78 is 23.2. The molecule has 0 aliphatic carbocycles. The van der Waals surface area contributed by atoms with Crippen molar-refractivity contribution in [3.05, 3.63) is 34.9 Å². The first-order valence-electron chi connectivity index (χ1n) is 7.60. The van der Waals surface area contributed by atoms with E-state index in [0.717, 1.165) is 18.4 Å². The van der Waals surface area contributed by atoms with Crippen LogP contribution >= 0.6 is 11.6 Å². The molecule has 0 fully saturated rings. The van der Waals surface area contributed by atoms with Crippen LogP contribution in [0.1, 0.15) is 52.0 Å². The van der Waals surface area contributed by atoms with E-state index in [-0.39, 0.29) is 11.5 Å². The Bertz CT molecular complexity index is 601. The summed E-state index contributed by atoms with van der Waals surface area (Å²) in [4.78, 5) is 11.9. The van der Waals surface area contributed by atoms with Gasteiger partial charge in [-0.2, -0.15) is 0 Å². The lowest BCUT2D eigenvalue weighted by Gasteiger charge is -2.18. The van der Waals surface area contributed by atoms with Gasteiger partial charge in [-0.15, -0.1) is 0 Å². The van der Waals surface area contributed by atoms with Crippen LogP contribution in [0.2, 0.25) is 5.02 Å². The number of benzene rings is 1. The Hall–Kier alpha value is -0.870. The summed E-state index contributed by atoms with van der Waals surface area (Å²) >= 11 is 5.89. The molecule has 22 heavy (non-hydrogen) atoms. The molecule has 1 aromatic carbocycles. The molecular formula is C17H25ClO3S. The minimum atomic E-state index is -3.05. The van der Waals surface area contributed by atoms with E-state index in [4.69, 9.17) is 11.6 Å². The lowest BCUT2D eigenvalue weighted by molar-refractivity contribution is -0.118. The van der Waals surface area contributed by atoms with Crippen molar-refractivity contribution in [3.63, 3.8) is 0 Å². The number of unbranched alkanes of at least 4 members (excludes halogenated alkanes) is 2. The quantitative estimate of drug-likeness (QED) is 0.663. The van der Waals surface area contributed by atoms with E-state index in [0.29, 0.717) is 24.3 Å². The minimum absolute atomic E-state index is 0.168. The largest absolute Gasteiger partial charge is 0.299 e. The van der Waals surface area contributed by atoms with Gasteiger partial charge < -0.3 is 0 Å². The van der Waals surface area contributed by atoms with Crippen molar-refractivity contribution in [3.8, 4) is 0 Å². The molecule has 0 aromatic heterocycles. The molecule has 0 saturated heterocycles. The number of hydrogen-bond acceptors (Lipinski definition) is 3. The predicted octanol–water partition coefficient (Wildman–Crippen LogP) is 4.23. The summed E-state index contributed by atoms with van der Waals surface area (Å²) in [5, 5.41) is 0.637. The summed E-state index contributed by atoms with van der Waals surface area (Å²) in [7, 11) is -3.05. The third kappa shape index (κ3) is 6.49. The van der Waals surface area contributed by atoms with E-state index in [1.807, 2.05) is 12.1 Å². The molecule has 0 unspecified atom stereocenters. The van der Waals surface area contributed by atoms with Crippen LogP contribution in [0.4, 0.5) is 0 Å². The van der Waals surface area contributed by atoms with Gasteiger partial charge in [-0.05, 0) is 51.3 Å². The van der Waals surface area contributed by atoms with Crippen LogP contribution in [0.5, 0.6) is 0 Å². The van der Waals surface area contributed by atoms with Crippen LogP contribution in [0, 0.1) is 0 Å². The molecule has 5 heteroatoms. The normalized spacial score (nSPS) is 12.4. The van der Waals surface area contributed by atoms with Crippen molar-refractivity contribution in [2.24, 2.45) is 0 Å². The van der Waals surface area contributed by atoms with Crippen molar-refractivity contribution in [2.45, 2.75) is 57.6 Å². The van der Waals surface area contributed by atoms with Gasteiger partial charge in [0.1, 0.15) is 5.78 Å². The summed E-state index contributed by atoms with van der Waals surface area (Å²) in [6, 6.07) is 7.31. The highest BCUT2D eigenvalue weighted by Gasteiger charge is 2.27. The molecule has 0 bridgehead atoms. The third-order valence-corrected chi connectivity index (χ3v) is 6.52. The van der Waals surface area contributed by atoms with Gasteiger partial charge in [-0.25, -0.2) is 8.42 Å². The van der Waals surface area contributed by atoms with Crippen molar-refractivity contribution < 1.29 is 13.2 Å². The lowest BCUT2D eigenvalue weighted by Crippen LogP contribution is -2.30. The van der Waals surface area contributed by atoms with Crippen LogP contribution in [0.15, 0.2) is 24.3 Å². The fourth-order valence-corrected chi connectivity index (χ4v) is 3.47. The van der Waals surface area contributed by atoms with Gasteiger partial charge in [0.25, 0.3) is 0 Å². The van der Waals surface area contributed by atoms with Crippen LogP contribution in [0.3, 0.4) is 0 Å². The number of carbonyl (C=O) groups excluding carboxylic acids is 1. The van der Waals surface area contributed by atoms with E-state index < -0.39 is 14.6 Å². The molecule has 0 atom stereocenters. The number of sulfone groups is 1. The van der Waals surface area contributed by atoms with Crippen molar-refractivity contribution in [1.29, 1.82) is 0 Å². The van der Waals surface area contributed by atoms with Gasteiger partial charge in [0.05, 0.1) is 10.5 Å². The molecule has 1 rings (SSSR count). The van der Waals surface area contributed by atoms with E-state index >= 15 is 0 Å². The molecule has 3 nitrogen and oxygen atoms in total. The minimum Gasteiger partial charge on any atom is -0.299 e. The number of ketones is 1. The van der Waals surface area contributed by atoms with E-state index in [9.17, 15) is 13.2 Å². The summed E-state index contributed by atoms with van der Waals surface area (Å²) in [5.74, 6) is 0.361. The lowest BCUT2D eigenvalue weighted by atomic mass is 10.0. The molecule has 0 N–H and O–H groups in total. The smallest absolute Gasteiger partial charge is 0.155 e. The SMILES string of the molecule is CC(C)(C)S(=O)(=O)CCCCCC(=O)Cc1cccc(Cl)c1. The van der Waals surface area contributed by atoms with Gasteiger partial charge in [0.2, 0.25) is 0 Å². The standard InChI is InChI=1S/C17H25ClO3S/c1-17(2,3)22(20,21)11-6-4-5-10-16(19)13-14-8-7-9-15(18)12-14/h7-9,12H,4-6,10-11,13H2,1-3H3. The van der Waals surface area contributed by atoms with Crippen LogP contribution in [-0.4, -0.2) is 24.7 Å². The molecule has 1 aromatic rings. The number of rotatable bonds is 8. The maximum Gasteiger partial charge on any atom is 0.155 e. The number of Topliss-reactive ketones (excluding diaryl/α,β-unsaturated/α-hetero) is 1. The van der Waals surface area contributed by atoms with Crippen LogP contribution in [-0.2, 0) is 21.1 Å². The Kier molecular flexibility index (Phi) is 7.07. The zero-order valence-electron chi connectivity index (χ0n) is 13.6.